The predicted octanol–water partition coefficient (Wildman–Crippen LogP) is 0.363. The lowest BCUT2D eigenvalue weighted by Gasteiger charge is -2.39. The summed E-state index contributed by atoms with van der Waals surface area (Å²) in [6, 6.07) is 0. The average molecular weight is 351 g/mol. The van der Waals surface area contributed by atoms with Crippen LogP contribution in [0.15, 0.2) is 4.52 Å². The Labute approximate surface area is 146 Å². The van der Waals surface area contributed by atoms with Gasteiger partial charge in [0.15, 0.2) is 5.82 Å². The first-order valence-electron chi connectivity index (χ1n) is 8.32. The van der Waals surface area contributed by atoms with Crippen molar-refractivity contribution in [2.24, 2.45) is 22.5 Å². The van der Waals surface area contributed by atoms with Crippen LogP contribution in [0.3, 0.4) is 0 Å². The zero-order valence-corrected chi connectivity index (χ0v) is 15.0. The second-order valence-corrected chi connectivity index (χ2v) is 7.10. The van der Waals surface area contributed by atoms with Crippen LogP contribution in [-0.2, 0) is 16.1 Å². The monoisotopic (exact) mass is 351 g/mol. The van der Waals surface area contributed by atoms with E-state index in [1.54, 1.807) is 0 Å². The molecule has 0 spiro atoms. The van der Waals surface area contributed by atoms with E-state index in [-0.39, 0.29) is 36.0 Å². The van der Waals surface area contributed by atoms with Crippen LogP contribution in [0.1, 0.15) is 57.0 Å². The van der Waals surface area contributed by atoms with Crippen molar-refractivity contribution in [1.29, 1.82) is 0 Å². The number of primary amides is 1. The van der Waals surface area contributed by atoms with Crippen LogP contribution in [0.4, 0.5) is 0 Å². The number of hydrogen-bond donors (Lipinski definition) is 3. The average Bonchev–Trinajstić information content (AvgIpc) is 3.09. The van der Waals surface area contributed by atoms with Gasteiger partial charge < -0.3 is 20.9 Å². The number of carbonyl (C=O) groups is 3. The molecule has 0 unspecified atom stereocenters. The molecule has 25 heavy (non-hydrogen) atoms. The molecule has 2 rings (SSSR count). The van der Waals surface area contributed by atoms with E-state index in [2.05, 4.69) is 25.3 Å². The van der Waals surface area contributed by atoms with Gasteiger partial charge in [0.1, 0.15) is 0 Å². The Bertz CT molecular complexity index is 684. The third kappa shape index (κ3) is 3.35. The number of hydrogen-bond acceptors (Lipinski definition) is 6. The van der Waals surface area contributed by atoms with Gasteiger partial charge >= 0.3 is 11.8 Å². The lowest BCUT2D eigenvalue weighted by atomic mass is 9.65. The van der Waals surface area contributed by atoms with E-state index < -0.39 is 16.7 Å². The highest BCUT2D eigenvalue weighted by atomic mass is 16.5. The SMILES string of the molecule is CCNC(=O)[C@H]1CC[C@@](C)(C(=O)NCc2noc(C(N)=O)n2)C1(C)C. The Hall–Kier alpha value is -2.45. The quantitative estimate of drug-likeness (QED) is 0.676. The fraction of sp³-hybridized carbons (Fsp3) is 0.688. The van der Waals surface area contributed by atoms with E-state index in [0.717, 1.165) is 0 Å². The number of rotatable bonds is 6. The van der Waals surface area contributed by atoms with Crippen molar-refractivity contribution >= 4 is 17.7 Å². The number of aromatic nitrogens is 2. The Morgan fingerprint density at radius 3 is 2.52 bits per heavy atom. The summed E-state index contributed by atoms with van der Waals surface area (Å²) >= 11 is 0. The zero-order chi connectivity index (χ0) is 18.8. The number of nitrogens with one attached hydrogen (secondary N) is 2. The Morgan fingerprint density at radius 2 is 1.96 bits per heavy atom. The van der Waals surface area contributed by atoms with Crippen LogP contribution in [0.5, 0.6) is 0 Å². The van der Waals surface area contributed by atoms with Gasteiger partial charge in [0.2, 0.25) is 11.8 Å². The van der Waals surface area contributed by atoms with Gasteiger partial charge in [-0.15, -0.1) is 0 Å². The fourth-order valence-corrected chi connectivity index (χ4v) is 3.44. The van der Waals surface area contributed by atoms with Gasteiger partial charge in [-0.3, -0.25) is 14.4 Å². The third-order valence-electron chi connectivity index (χ3n) is 5.48. The van der Waals surface area contributed by atoms with Crippen LogP contribution in [0, 0.1) is 16.7 Å². The highest BCUT2D eigenvalue weighted by molar-refractivity contribution is 5.88. The van der Waals surface area contributed by atoms with Crippen molar-refractivity contribution < 1.29 is 18.9 Å². The smallest absolute Gasteiger partial charge is 0.315 e. The first-order chi connectivity index (χ1) is 11.6. The summed E-state index contributed by atoms with van der Waals surface area (Å²) in [7, 11) is 0. The highest BCUT2D eigenvalue weighted by Gasteiger charge is 2.57. The van der Waals surface area contributed by atoms with Crippen molar-refractivity contribution in [3.63, 3.8) is 0 Å². The maximum atomic E-state index is 12.8. The van der Waals surface area contributed by atoms with Crippen molar-refractivity contribution in [2.45, 2.75) is 47.1 Å². The van der Waals surface area contributed by atoms with E-state index in [9.17, 15) is 14.4 Å². The first kappa shape index (κ1) is 18.9. The molecule has 4 N–H and O–H groups in total. The molecule has 0 aromatic carbocycles. The van der Waals surface area contributed by atoms with Crippen molar-refractivity contribution in [3.8, 4) is 0 Å². The van der Waals surface area contributed by atoms with Crippen LogP contribution in [0.2, 0.25) is 0 Å². The minimum Gasteiger partial charge on any atom is -0.361 e. The molecule has 1 fully saturated rings. The van der Waals surface area contributed by atoms with E-state index >= 15 is 0 Å². The van der Waals surface area contributed by atoms with Gasteiger partial charge in [-0.05, 0) is 25.2 Å². The number of nitrogens with zero attached hydrogens (tertiary/aromatic N) is 2. The molecule has 1 saturated carbocycles. The van der Waals surface area contributed by atoms with Crippen molar-refractivity contribution in [3.05, 3.63) is 11.7 Å². The van der Waals surface area contributed by atoms with E-state index in [1.165, 1.54) is 0 Å². The lowest BCUT2D eigenvalue weighted by molar-refractivity contribution is -0.139. The normalized spacial score (nSPS) is 24.7. The molecule has 1 aliphatic rings. The summed E-state index contributed by atoms with van der Waals surface area (Å²) in [4.78, 5) is 39.9. The maximum Gasteiger partial charge on any atom is 0.315 e. The maximum absolute atomic E-state index is 12.8. The Kier molecular flexibility index (Phi) is 5.15. The lowest BCUT2D eigenvalue weighted by Crippen LogP contribution is -2.49. The molecule has 9 heteroatoms. The molecule has 0 radical (unpaired) electrons. The van der Waals surface area contributed by atoms with E-state index in [4.69, 9.17) is 5.73 Å². The molecule has 3 amide bonds. The minimum atomic E-state index is -0.821. The van der Waals surface area contributed by atoms with Gasteiger partial charge in [0.25, 0.3) is 0 Å². The molecule has 0 bridgehead atoms. The second-order valence-electron chi connectivity index (χ2n) is 7.10. The molecule has 2 atom stereocenters. The summed E-state index contributed by atoms with van der Waals surface area (Å²) in [5, 5.41) is 9.21. The third-order valence-corrected chi connectivity index (χ3v) is 5.48. The summed E-state index contributed by atoms with van der Waals surface area (Å²) in [6.45, 7) is 8.21. The summed E-state index contributed by atoms with van der Waals surface area (Å²) in [6.07, 6.45) is 1.25. The van der Waals surface area contributed by atoms with Gasteiger partial charge in [0.05, 0.1) is 12.0 Å². The van der Waals surface area contributed by atoms with Crippen LogP contribution < -0.4 is 16.4 Å². The summed E-state index contributed by atoms with van der Waals surface area (Å²) < 4.78 is 4.69. The number of amides is 3. The molecular weight excluding hydrogens is 326 g/mol. The van der Waals surface area contributed by atoms with Gasteiger partial charge in [-0.1, -0.05) is 25.9 Å². The van der Waals surface area contributed by atoms with E-state index in [0.29, 0.717) is 19.4 Å². The molecular formula is C16H25N5O4. The van der Waals surface area contributed by atoms with E-state index in [1.807, 2.05) is 27.7 Å². The highest BCUT2D eigenvalue weighted by Crippen LogP contribution is 2.56. The zero-order valence-electron chi connectivity index (χ0n) is 15.0. The topological polar surface area (TPSA) is 140 Å². The molecule has 1 aromatic heterocycles. The number of nitrogens with two attached hydrogens (primary N) is 1. The molecule has 0 aliphatic heterocycles. The Morgan fingerprint density at radius 1 is 1.28 bits per heavy atom. The molecule has 138 valence electrons. The second kappa shape index (κ2) is 6.81. The largest absolute Gasteiger partial charge is 0.361 e. The van der Waals surface area contributed by atoms with Crippen molar-refractivity contribution in [1.82, 2.24) is 20.8 Å². The Balaban J connectivity index is 2.07. The molecule has 1 aromatic rings. The van der Waals surface area contributed by atoms with Crippen LogP contribution >= 0.6 is 0 Å². The standard InChI is InChI=1S/C16H25N5O4/c1-5-18-12(23)9-6-7-16(4,15(9,2)3)14(24)19-8-10-20-13(11(17)22)25-21-10/h9H,5-8H2,1-4H3,(H2,17,22)(H,18,23)(H,19,24)/t9-,16+/m1/s1. The van der Waals surface area contributed by atoms with Gasteiger partial charge in [-0.25, -0.2) is 0 Å². The molecule has 1 aliphatic carbocycles. The molecule has 9 nitrogen and oxygen atoms in total. The van der Waals surface area contributed by atoms with Gasteiger partial charge in [-0.2, -0.15) is 4.98 Å². The van der Waals surface area contributed by atoms with Gasteiger partial charge in [0, 0.05) is 12.5 Å². The van der Waals surface area contributed by atoms with Crippen LogP contribution in [-0.4, -0.2) is 34.4 Å². The first-order valence-corrected chi connectivity index (χ1v) is 8.32. The molecule has 1 heterocycles. The summed E-state index contributed by atoms with van der Waals surface area (Å²) in [5.41, 5.74) is 3.83. The van der Waals surface area contributed by atoms with Crippen LogP contribution in [0.25, 0.3) is 0 Å². The summed E-state index contributed by atoms with van der Waals surface area (Å²) in [5.74, 6) is -1.38. The fourth-order valence-electron chi connectivity index (χ4n) is 3.44. The molecule has 0 saturated heterocycles. The minimum absolute atomic E-state index is 0.0201. The predicted molar refractivity (Wildman–Crippen MR) is 88.0 cm³/mol. The number of carbonyl (C=O) groups excluding carboxylic acids is 3. The van der Waals surface area contributed by atoms with Crippen molar-refractivity contribution in [2.75, 3.05) is 6.54 Å².